The van der Waals surface area contributed by atoms with Crippen molar-refractivity contribution >= 4 is 46.4 Å². The number of carbonyl (C=O) groups excluding carboxylic acids is 1. The first-order chi connectivity index (χ1) is 9.83. The van der Waals surface area contributed by atoms with E-state index in [0.29, 0.717) is 22.8 Å². The molecule has 21 heavy (non-hydrogen) atoms. The smallest absolute Gasteiger partial charge is 0.233 e. The average Bonchev–Trinajstić information content (AvgIpc) is 2.84. The van der Waals surface area contributed by atoms with Gasteiger partial charge in [-0.2, -0.15) is 0 Å². The number of hydrogen-bond donors (Lipinski definition) is 1. The van der Waals surface area contributed by atoms with Crippen LogP contribution < -0.4 is 5.32 Å². The Morgan fingerprint density at radius 2 is 2.14 bits per heavy atom. The topological polar surface area (TPSA) is 72.7 Å². The maximum absolute atomic E-state index is 12.3. The molecule has 1 aromatic carbocycles. The molecular formula is C12H10Cl3N5O. The van der Waals surface area contributed by atoms with Crippen molar-refractivity contribution in [3.8, 4) is 5.69 Å². The summed E-state index contributed by atoms with van der Waals surface area (Å²) in [6, 6.07) is 5.06. The van der Waals surface area contributed by atoms with Gasteiger partial charge in [-0.25, -0.2) is 4.68 Å². The minimum atomic E-state index is -1.03. The molecule has 3 rings (SSSR count). The quantitative estimate of drug-likeness (QED) is 0.867. The fourth-order valence-corrected chi connectivity index (χ4v) is 2.81. The maximum Gasteiger partial charge on any atom is 0.233 e. The van der Waals surface area contributed by atoms with Crippen LogP contribution in [0.4, 0.5) is 5.69 Å². The summed E-state index contributed by atoms with van der Waals surface area (Å²) in [4.78, 5) is 12.3. The number of anilines is 1. The van der Waals surface area contributed by atoms with Crippen LogP contribution in [0.15, 0.2) is 24.5 Å². The maximum atomic E-state index is 12.3. The predicted octanol–water partition coefficient (Wildman–Crippen LogP) is 2.84. The summed E-state index contributed by atoms with van der Waals surface area (Å²) in [7, 11) is 0. The summed E-state index contributed by atoms with van der Waals surface area (Å²) in [5.74, 6) is -0.275. The van der Waals surface area contributed by atoms with E-state index < -0.39 is 9.75 Å². The van der Waals surface area contributed by atoms with E-state index in [1.165, 1.54) is 11.0 Å². The molecule has 1 N–H and O–H groups in total. The molecule has 1 fully saturated rings. The molecule has 110 valence electrons. The van der Waals surface area contributed by atoms with Gasteiger partial charge in [0.05, 0.1) is 21.8 Å². The molecule has 1 heterocycles. The average molecular weight is 347 g/mol. The van der Waals surface area contributed by atoms with Gasteiger partial charge >= 0.3 is 0 Å². The fourth-order valence-electron chi connectivity index (χ4n) is 1.94. The molecule has 2 aromatic rings. The van der Waals surface area contributed by atoms with Crippen molar-refractivity contribution in [3.05, 3.63) is 29.5 Å². The number of carbonyl (C=O) groups is 1. The second kappa shape index (κ2) is 4.83. The lowest BCUT2D eigenvalue weighted by atomic mass is 10.1. The number of nitrogens with one attached hydrogen (secondary N) is 1. The molecule has 6 nitrogen and oxygen atoms in total. The lowest BCUT2D eigenvalue weighted by Crippen LogP contribution is -2.26. The Labute approximate surface area is 135 Å². The Balaban J connectivity index is 1.86. The van der Waals surface area contributed by atoms with Gasteiger partial charge in [0, 0.05) is 0 Å². The Hall–Kier alpha value is -1.37. The number of aromatic nitrogens is 4. The molecule has 1 aliphatic rings. The zero-order chi connectivity index (χ0) is 15.3. The minimum absolute atomic E-state index is 0.275. The van der Waals surface area contributed by atoms with Gasteiger partial charge < -0.3 is 5.32 Å². The van der Waals surface area contributed by atoms with Crippen molar-refractivity contribution in [3.63, 3.8) is 0 Å². The molecule has 1 amide bonds. The lowest BCUT2D eigenvalue weighted by molar-refractivity contribution is -0.120. The van der Waals surface area contributed by atoms with Crippen LogP contribution in [0.2, 0.25) is 5.02 Å². The van der Waals surface area contributed by atoms with Crippen LogP contribution in [-0.4, -0.2) is 30.4 Å². The highest BCUT2D eigenvalue weighted by atomic mass is 35.5. The molecule has 0 aliphatic heterocycles. The normalized spacial score (nSPS) is 22.9. The summed E-state index contributed by atoms with van der Waals surface area (Å²) >= 11 is 18.1. The molecule has 0 saturated heterocycles. The van der Waals surface area contributed by atoms with Crippen LogP contribution in [0.3, 0.4) is 0 Å². The standard InChI is InChI=1S/C12H10Cl3N5O/c1-11(5-12(11,14)15)10(21)17-9-4-7(2-3-8(9)13)20-6-16-18-19-20/h2-4,6H,5H2,1H3,(H,17,21)/t11-/m0/s1. The van der Waals surface area contributed by atoms with Crippen molar-refractivity contribution in [1.29, 1.82) is 0 Å². The third-order valence-corrected chi connectivity index (χ3v) is 5.00. The number of halogens is 3. The molecular weight excluding hydrogens is 337 g/mol. The number of nitrogens with zero attached hydrogens (tertiary/aromatic N) is 4. The molecule has 0 unspecified atom stereocenters. The van der Waals surface area contributed by atoms with E-state index in [9.17, 15) is 4.79 Å². The zero-order valence-corrected chi connectivity index (χ0v) is 13.1. The van der Waals surface area contributed by atoms with Crippen LogP contribution in [-0.2, 0) is 4.79 Å². The van der Waals surface area contributed by atoms with E-state index in [1.54, 1.807) is 25.1 Å². The fraction of sp³-hybridized carbons (Fsp3) is 0.333. The minimum Gasteiger partial charge on any atom is -0.324 e. The number of tetrazole rings is 1. The van der Waals surface area contributed by atoms with Crippen LogP contribution in [0, 0.1) is 5.41 Å². The van der Waals surface area contributed by atoms with Gasteiger partial charge in [0.1, 0.15) is 10.7 Å². The Morgan fingerprint density at radius 3 is 2.71 bits per heavy atom. The van der Waals surface area contributed by atoms with Crippen molar-refractivity contribution in [2.45, 2.75) is 17.7 Å². The van der Waals surface area contributed by atoms with E-state index >= 15 is 0 Å². The summed E-state index contributed by atoms with van der Waals surface area (Å²) in [6.45, 7) is 1.71. The van der Waals surface area contributed by atoms with E-state index in [0.717, 1.165) is 0 Å². The molecule has 1 aliphatic carbocycles. The first-order valence-corrected chi connectivity index (χ1v) is 7.19. The molecule has 0 spiro atoms. The van der Waals surface area contributed by atoms with Crippen molar-refractivity contribution < 1.29 is 4.79 Å². The van der Waals surface area contributed by atoms with Gasteiger partial charge in [-0.3, -0.25) is 4.79 Å². The second-order valence-corrected chi connectivity index (χ2v) is 6.98. The van der Waals surface area contributed by atoms with E-state index in [4.69, 9.17) is 34.8 Å². The van der Waals surface area contributed by atoms with Crippen LogP contribution >= 0.6 is 34.8 Å². The van der Waals surface area contributed by atoms with E-state index in [-0.39, 0.29) is 5.91 Å². The Kier molecular flexibility index (Phi) is 3.35. The summed E-state index contributed by atoms with van der Waals surface area (Å²) in [6.07, 6.45) is 1.85. The Bertz CT molecular complexity index is 703. The first kappa shape index (κ1) is 14.6. The number of amides is 1. The third-order valence-electron chi connectivity index (χ3n) is 3.57. The van der Waals surface area contributed by atoms with Crippen LogP contribution in [0.5, 0.6) is 0 Å². The summed E-state index contributed by atoms with van der Waals surface area (Å²) in [5, 5.41) is 14.0. The van der Waals surface area contributed by atoms with Crippen molar-refractivity contribution in [2.75, 3.05) is 5.32 Å². The molecule has 0 bridgehead atoms. The molecule has 1 saturated carbocycles. The second-order valence-electron chi connectivity index (χ2n) is 5.09. The highest BCUT2D eigenvalue weighted by Crippen LogP contribution is 2.64. The SMILES string of the molecule is C[C@@]1(C(=O)Nc2cc(-n3cnnn3)ccc2Cl)CC1(Cl)Cl. The highest BCUT2D eigenvalue weighted by Gasteiger charge is 2.67. The summed E-state index contributed by atoms with van der Waals surface area (Å²) in [5.41, 5.74) is 0.306. The van der Waals surface area contributed by atoms with Crippen LogP contribution in [0.25, 0.3) is 5.69 Å². The zero-order valence-electron chi connectivity index (χ0n) is 10.8. The number of alkyl halides is 2. The van der Waals surface area contributed by atoms with Gasteiger partial charge in [0.25, 0.3) is 0 Å². The Morgan fingerprint density at radius 1 is 1.43 bits per heavy atom. The predicted molar refractivity (Wildman–Crippen MR) is 80.0 cm³/mol. The molecule has 0 radical (unpaired) electrons. The van der Waals surface area contributed by atoms with Crippen molar-refractivity contribution in [1.82, 2.24) is 20.2 Å². The van der Waals surface area contributed by atoms with Gasteiger partial charge in [-0.1, -0.05) is 11.6 Å². The van der Waals surface area contributed by atoms with Gasteiger partial charge in [-0.05, 0) is 42.0 Å². The van der Waals surface area contributed by atoms with Gasteiger partial charge in [0.15, 0.2) is 0 Å². The highest BCUT2D eigenvalue weighted by molar-refractivity contribution is 6.53. The van der Waals surface area contributed by atoms with Crippen LogP contribution in [0.1, 0.15) is 13.3 Å². The van der Waals surface area contributed by atoms with E-state index in [2.05, 4.69) is 20.8 Å². The largest absolute Gasteiger partial charge is 0.324 e. The number of rotatable bonds is 3. The summed E-state index contributed by atoms with van der Waals surface area (Å²) < 4.78 is 0.426. The van der Waals surface area contributed by atoms with Gasteiger partial charge in [-0.15, -0.1) is 28.3 Å². The van der Waals surface area contributed by atoms with E-state index in [1.807, 2.05) is 0 Å². The lowest BCUT2D eigenvalue weighted by Gasteiger charge is -2.14. The molecule has 1 aromatic heterocycles. The first-order valence-electron chi connectivity index (χ1n) is 6.06. The van der Waals surface area contributed by atoms with Gasteiger partial charge in [0.2, 0.25) is 5.91 Å². The third kappa shape index (κ3) is 2.47. The number of benzene rings is 1. The number of hydrogen-bond acceptors (Lipinski definition) is 4. The molecule has 9 heteroatoms. The molecule has 1 atom stereocenters. The monoisotopic (exact) mass is 345 g/mol. The van der Waals surface area contributed by atoms with Crippen molar-refractivity contribution in [2.24, 2.45) is 5.41 Å².